The topological polar surface area (TPSA) is 68.3 Å². The highest BCUT2D eigenvalue weighted by molar-refractivity contribution is 6.00. The molecule has 0 saturated carbocycles. The number of carboxylic acids is 1. The number of furan rings is 1. The fourth-order valence-electron chi connectivity index (χ4n) is 2.75. The number of imidazole rings is 1. The SMILES string of the molecule is Cc1cc(C(C)n2cnc3c(C(=O)O)cccc32)c(C)o1. The number of para-hydroxylation sites is 1. The molecule has 2 aromatic heterocycles. The summed E-state index contributed by atoms with van der Waals surface area (Å²) in [5, 5.41) is 9.23. The molecule has 0 aliphatic heterocycles. The Morgan fingerprint density at radius 3 is 2.76 bits per heavy atom. The summed E-state index contributed by atoms with van der Waals surface area (Å²) in [6.45, 7) is 5.89. The molecule has 5 heteroatoms. The van der Waals surface area contributed by atoms with E-state index in [2.05, 4.69) is 4.98 Å². The van der Waals surface area contributed by atoms with Crippen LogP contribution in [-0.2, 0) is 0 Å². The molecule has 3 aromatic rings. The van der Waals surface area contributed by atoms with Crippen LogP contribution in [0.15, 0.2) is 35.0 Å². The molecular weight excluding hydrogens is 268 g/mol. The summed E-state index contributed by atoms with van der Waals surface area (Å²) in [7, 11) is 0. The second-order valence-corrected chi connectivity index (χ2v) is 5.17. The van der Waals surface area contributed by atoms with Gasteiger partial charge in [-0.2, -0.15) is 0 Å². The molecule has 3 rings (SSSR count). The first-order valence-electron chi connectivity index (χ1n) is 6.75. The number of aryl methyl sites for hydroxylation is 2. The lowest BCUT2D eigenvalue weighted by Crippen LogP contribution is -2.06. The lowest BCUT2D eigenvalue weighted by Gasteiger charge is -2.13. The number of nitrogens with zero attached hydrogens (tertiary/aromatic N) is 2. The van der Waals surface area contributed by atoms with Crippen molar-refractivity contribution in [3.8, 4) is 0 Å². The van der Waals surface area contributed by atoms with Crippen LogP contribution >= 0.6 is 0 Å². The third-order valence-corrected chi connectivity index (χ3v) is 3.78. The maximum absolute atomic E-state index is 11.3. The molecule has 1 aromatic carbocycles. The summed E-state index contributed by atoms with van der Waals surface area (Å²) < 4.78 is 7.55. The predicted molar refractivity (Wildman–Crippen MR) is 78.7 cm³/mol. The molecule has 1 unspecified atom stereocenters. The van der Waals surface area contributed by atoms with Crippen LogP contribution in [0.4, 0.5) is 0 Å². The molecule has 1 atom stereocenters. The van der Waals surface area contributed by atoms with Crippen LogP contribution in [0.25, 0.3) is 11.0 Å². The van der Waals surface area contributed by atoms with Gasteiger partial charge in [0.15, 0.2) is 0 Å². The van der Waals surface area contributed by atoms with Gasteiger partial charge in [0.2, 0.25) is 0 Å². The molecule has 0 saturated heterocycles. The van der Waals surface area contributed by atoms with E-state index in [1.807, 2.05) is 37.5 Å². The van der Waals surface area contributed by atoms with Crippen molar-refractivity contribution in [1.82, 2.24) is 9.55 Å². The van der Waals surface area contributed by atoms with E-state index in [1.165, 1.54) is 0 Å². The number of fused-ring (bicyclic) bond motifs is 1. The van der Waals surface area contributed by atoms with Crippen molar-refractivity contribution in [3.63, 3.8) is 0 Å². The first-order valence-corrected chi connectivity index (χ1v) is 6.75. The number of aromatic nitrogens is 2. The average molecular weight is 284 g/mol. The highest BCUT2D eigenvalue weighted by atomic mass is 16.4. The highest BCUT2D eigenvalue weighted by Crippen LogP contribution is 2.28. The zero-order chi connectivity index (χ0) is 15.1. The number of carbonyl (C=O) groups is 1. The van der Waals surface area contributed by atoms with Crippen molar-refractivity contribution in [2.45, 2.75) is 26.8 Å². The smallest absolute Gasteiger partial charge is 0.337 e. The molecule has 0 radical (unpaired) electrons. The Morgan fingerprint density at radius 2 is 2.14 bits per heavy atom. The van der Waals surface area contributed by atoms with E-state index in [9.17, 15) is 9.90 Å². The second kappa shape index (κ2) is 4.77. The van der Waals surface area contributed by atoms with Crippen molar-refractivity contribution in [2.75, 3.05) is 0 Å². The molecule has 21 heavy (non-hydrogen) atoms. The Morgan fingerprint density at radius 1 is 1.38 bits per heavy atom. The maximum Gasteiger partial charge on any atom is 0.337 e. The molecule has 108 valence electrons. The Labute approximate surface area is 121 Å². The van der Waals surface area contributed by atoms with Crippen molar-refractivity contribution < 1.29 is 14.3 Å². The van der Waals surface area contributed by atoms with E-state index >= 15 is 0 Å². The number of hydrogen-bond donors (Lipinski definition) is 1. The summed E-state index contributed by atoms with van der Waals surface area (Å²) in [5.41, 5.74) is 2.61. The molecule has 2 heterocycles. The van der Waals surface area contributed by atoms with Gasteiger partial charge in [0.25, 0.3) is 0 Å². The standard InChI is InChI=1S/C16H16N2O3/c1-9-7-13(11(3)21-9)10(2)18-8-17-15-12(16(19)20)5-4-6-14(15)18/h4-8,10H,1-3H3,(H,19,20). The number of carboxylic acid groups (broad SMARTS) is 1. The third-order valence-electron chi connectivity index (χ3n) is 3.78. The summed E-state index contributed by atoms with van der Waals surface area (Å²) in [5.74, 6) is 0.773. The van der Waals surface area contributed by atoms with Crippen molar-refractivity contribution in [2.24, 2.45) is 0 Å². The van der Waals surface area contributed by atoms with Crippen LogP contribution in [0.5, 0.6) is 0 Å². The van der Waals surface area contributed by atoms with Crippen molar-refractivity contribution >= 4 is 17.0 Å². The monoisotopic (exact) mass is 284 g/mol. The van der Waals surface area contributed by atoms with Crippen LogP contribution in [0.1, 0.15) is 40.4 Å². The van der Waals surface area contributed by atoms with E-state index in [0.29, 0.717) is 5.52 Å². The summed E-state index contributed by atoms with van der Waals surface area (Å²) >= 11 is 0. The van der Waals surface area contributed by atoms with Gasteiger partial charge in [-0.05, 0) is 39.0 Å². The largest absolute Gasteiger partial charge is 0.478 e. The van der Waals surface area contributed by atoms with Gasteiger partial charge < -0.3 is 14.1 Å². The zero-order valence-corrected chi connectivity index (χ0v) is 12.1. The normalized spacial score (nSPS) is 12.7. The number of benzene rings is 1. The summed E-state index contributed by atoms with van der Waals surface area (Å²) in [4.78, 5) is 15.5. The number of hydrogen-bond acceptors (Lipinski definition) is 3. The van der Waals surface area contributed by atoms with Gasteiger partial charge in [0, 0.05) is 5.56 Å². The van der Waals surface area contributed by atoms with Gasteiger partial charge in [-0.3, -0.25) is 0 Å². The molecule has 1 N–H and O–H groups in total. The average Bonchev–Trinajstić information content (AvgIpc) is 3.00. The van der Waals surface area contributed by atoms with Crippen LogP contribution in [0.3, 0.4) is 0 Å². The van der Waals surface area contributed by atoms with E-state index in [4.69, 9.17) is 4.42 Å². The van der Waals surface area contributed by atoms with Gasteiger partial charge in [-0.1, -0.05) is 6.07 Å². The minimum Gasteiger partial charge on any atom is -0.478 e. The van der Waals surface area contributed by atoms with Crippen LogP contribution in [0.2, 0.25) is 0 Å². The van der Waals surface area contributed by atoms with E-state index in [-0.39, 0.29) is 11.6 Å². The molecule has 0 fully saturated rings. The lowest BCUT2D eigenvalue weighted by atomic mass is 10.1. The Hall–Kier alpha value is -2.56. The first kappa shape index (κ1) is 13.4. The van der Waals surface area contributed by atoms with Gasteiger partial charge in [0.1, 0.15) is 17.0 Å². The third kappa shape index (κ3) is 2.11. The van der Waals surface area contributed by atoms with Crippen LogP contribution < -0.4 is 0 Å². The van der Waals surface area contributed by atoms with Crippen LogP contribution in [0, 0.1) is 13.8 Å². The Balaban J connectivity index is 2.15. The quantitative estimate of drug-likeness (QED) is 0.798. The maximum atomic E-state index is 11.3. The highest BCUT2D eigenvalue weighted by Gasteiger charge is 2.18. The molecule has 0 aliphatic rings. The minimum absolute atomic E-state index is 0.0245. The van der Waals surface area contributed by atoms with E-state index in [0.717, 1.165) is 22.6 Å². The Kier molecular flexibility index (Phi) is 3.05. The van der Waals surface area contributed by atoms with Crippen molar-refractivity contribution in [3.05, 3.63) is 53.2 Å². The Bertz CT molecular complexity index is 829. The fourth-order valence-corrected chi connectivity index (χ4v) is 2.75. The number of aromatic carboxylic acids is 1. The zero-order valence-electron chi connectivity index (χ0n) is 12.1. The first-order chi connectivity index (χ1) is 9.99. The predicted octanol–water partition coefficient (Wildman–Crippen LogP) is 3.55. The van der Waals surface area contributed by atoms with E-state index in [1.54, 1.807) is 18.5 Å². The van der Waals surface area contributed by atoms with Gasteiger partial charge >= 0.3 is 5.97 Å². The van der Waals surface area contributed by atoms with Gasteiger partial charge in [0.05, 0.1) is 23.4 Å². The molecule has 0 spiro atoms. The fraction of sp³-hybridized carbons (Fsp3) is 0.250. The molecular formula is C16H16N2O3. The second-order valence-electron chi connectivity index (χ2n) is 5.17. The molecule has 5 nitrogen and oxygen atoms in total. The summed E-state index contributed by atoms with van der Waals surface area (Å²) in [6.07, 6.45) is 1.68. The van der Waals surface area contributed by atoms with Crippen LogP contribution in [-0.4, -0.2) is 20.6 Å². The van der Waals surface area contributed by atoms with Crippen molar-refractivity contribution in [1.29, 1.82) is 0 Å². The van der Waals surface area contributed by atoms with E-state index < -0.39 is 5.97 Å². The number of rotatable bonds is 3. The van der Waals surface area contributed by atoms with Gasteiger partial charge in [-0.25, -0.2) is 9.78 Å². The molecule has 0 amide bonds. The molecule has 0 aliphatic carbocycles. The molecule has 0 bridgehead atoms. The lowest BCUT2D eigenvalue weighted by molar-refractivity contribution is 0.0699. The summed E-state index contributed by atoms with van der Waals surface area (Å²) in [6, 6.07) is 7.22. The minimum atomic E-state index is -0.964. The van der Waals surface area contributed by atoms with Gasteiger partial charge in [-0.15, -0.1) is 0 Å².